The highest BCUT2D eigenvalue weighted by molar-refractivity contribution is 6.32. The van der Waals surface area contributed by atoms with E-state index < -0.39 is 0 Å². The second kappa shape index (κ2) is 9.41. The molecule has 0 spiro atoms. The molecule has 5 heteroatoms. The van der Waals surface area contributed by atoms with Crippen molar-refractivity contribution >= 4 is 59.9 Å². The zero-order valence-corrected chi connectivity index (χ0v) is 29.3. The van der Waals surface area contributed by atoms with Crippen LogP contribution in [-0.2, 0) is 0 Å². The summed E-state index contributed by atoms with van der Waals surface area (Å²) in [5.41, 5.74) is 12.6. The normalized spacial score (nSPS) is 30.0. The van der Waals surface area contributed by atoms with Crippen LogP contribution in [0.1, 0.15) is 110 Å². The van der Waals surface area contributed by atoms with E-state index in [1.165, 1.54) is 125 Å². The number of rotatable bonds is 1. The quantitative estimate of drug-likeness (QED) is 0.163. The Morgan fingerprint density at radius 2 is 1.06 bits per heavy atom. The Morgan fingerprint density at radius 1 is 0.500 bits per heavy atom. The van der Waals surface area contributed by atoms with Crippen LogP contribution < -0.4 is 5.43 Å². The fourth-order valence-corrected chi connectivity index (χ4v) is 14.1. The molecule has 5 nitrogen and oxygen atoms in total. The Morgan fingerprint density at radius 3 is 1.71 bits per heavy atom. The highest BCUT2D eigenvalue weighted by Gasteiger charge is 2.46. The Bertz CT molecular complexity index is 2930. The predicted octanol–water partition coefficient (Wildman–Crippen LogP) is 10.9. The fraction of sp³-hybridized carbons (Fsp3) is 0.383. The van der Waals surface area contributed by atoms with Gasteiger partial charge in [0.05, 0.1) is 45.4 Å². The predicted molar refractivity (Wildman–Crippen MR) is 208 cm³/mol. The van der Waals surface area contributed by atoms with Gasteiger partial charge in [-0.25, -0.2) is 0 Å². The molecule has 4 unspecified atom stereocenters. The maximum atomic E-state index is 15.3. The van der Waals surface area contributed by atoms with Crippen LogP contribution in [0.4, 0.5) is 0 Å². The van der Waals surface area contributed by atoms with Crippen LogP contribution in [0.25, 0.3) is 65.6 Å². The first kappa shape index (κ1) is 27.8. The minimum absolute atomic E-state index is 0.150. The second-order valence-corrected chi connectivity index (χ2v) is 18.1. The lowest BCUT2D eigenvalue weighted by Gasteiger charge is -2.38. The molecule has 5 heterocycles. The zero-order valence-electron chi connectivity index (χ0n) is 29.3. The molecule has 0 N–H and O–H groups in total. The van der Waals surface area contributed by atoms with E-state index in [1.807, 2.05) is 12.1 Å². The summed E-state index contributed by atoms with van der Waals surface area (Å²) < 4.78 is 4.92. The molecule has 3 aromatic carbocycles. The molecular formula is C47H40N4O. The molecule has 0 amide bonds. The lowest BCUT2D eigenvalue weighted by Crippen LogP contribution is -2.25. The average Bonchev–Trinajstić information content (AvgIpc) is 3.54. The molecule has 52 heavy (non-hydrogen) atoms. The topological polar surface area (TPSA) is 52.2 Å². The summed E-state index contributed by atoms with van der Waals surface area (Å²) in [6, 6.07) is 21.5. The summed E-state index contributed by atoms with van der Waals surface area (Å²) in [5, 5.41) is 6.86. The van der Waals surface area contributed by atoms with Crippen LogP contribution in [0.5, 0.6) is 0 Å². The Labute approximate surface area is 301 Å². The summed E-state index contributed by atoms with van der Waals surface area (Å²) in [6.07, 6.45) is 17.5. The summed E-state index contributed by atoms with van der Waals surface area (Å²) in [4.78, 5) is 26.2. The number of hydrogen-bond acceptors (Lipinski definition) is 3. The number of nitrogens with zero attached hydrogens (tertiary/aromatic N) is 4. The Balaban J connectivity index is 1.25. The van der Waals surface area contributed by atoms with Gasteiger partial charge in [0.25, 0.3) is 0 Å². The summed E-state index contributed by atoms with van der Waals surface area (Å²) >= 11 is 0. The molecule has 4 fully saturated rings. The molecule has 5 aromatic heterocycles. The van der Waals surface area contributed by atoms with Crippen molar-refractivity contribution in [3.63, 3.8) is 0 Å². The third-order valence-corrected chi connectivity index (χ3v) is 15.5. The first-order valence-corrected chi connectivity index (χ1v) is 20.2. The Kier molecular flexibility index (Phi) is 5.04. The monoisotopic (exact) mass is 676 g/mol. The van der Waals surface area contributed by atoms with E-state index in [0.717, 1.165) is 51.2 Å². The van der Waals surface area contributed by atoms with Gasteiger partial charge >= 0.3 is 0 Å². The van der Waals surface area contributed by atoms with Gasteiger partial charge in [0.1, 0.15) is 0 Å². The highest BCUT2D eigenvalue weighted by atomic mass is 16.1. The lowest BCUT2D eigenvalue weighted by atomic mass is 9.67. The van der Waals surface area contributed by atoms with Crippen LogP contribution in [0.2, 0.25) is 0 Å². The minimum Gasteiger partial charge on any atom is -0.309 e. The summed E-state index contributed by atoms with van der Waals surface area (Å²) in [7, 11) is 0. The molecule has 254 valence electrons. The maximum absolute atomic E-state index is 15.3. The number of fused-ring (bicyclic) bond motifs is 9. The van der Waals surface area contributed by atoms with E-state index >= 15 is 4.79 Å². The van der Waals surface area contributed by atoms with Crippen molar-refractivity contribution in [2.24, 2.45) is 23.7 Å². The van der Waals surface area contributed by atoms with Crippen LogP contribution in [0.15, 0.2) is 77.9 Å². The van der Waals surface area contributed by atoms with Crippen molar-refractivity contribution in [2.75, 3.05) is 0 Å². The summed E-state index contributed by atoms with van der Waals surface area (Å²) in [6.45, 7) is 0. The molecule has 4 atom stereocenters. The van der Waals surface area contributed by atoms with Crippen molar-refractivity contribution in [3.8, 4) is 5.69 Å². The lowest BCUT2D eigenvalue weighted by molar-refractivity contribution is 0.165. The minimum atomic E-state index is 0.150. The van der Waals surface area contributed by atoms with Gasteiger partial charge in [-0.15, -0.1) is 0 Å². The van der Waals surface area contributed by atoms with Gasteiger partial charge in [0, 0.05) is 55.8 Å². The van der Waals surface area contributed by atoms with Crippen molar-refractivity contribution in [2.45, 2.75) is 87.9 Å². The van der Waals surface area contributed by atoms with E-state index in [-0.39, 0.29) is 5.43 Å². The number of benzene rings is 3. The van der Waals surface area contributed by atoms with Gasteiger partial charge in [-0.2, -0.15) is 0 Å². The summed E-state index contributed by atoms with van der Waals surface area (Å²) in [5.74, 6) is 5.41. The first-order valence-electron chi connectivity index (χ1n) is 20.2. The van der Waals surface area contributed by atoms with Crippen molar-refractivity contribution in [3.05, 3.63) is 106 Å². The first-order chi connectivity index (χ1) is 25.7. The number of hydrogen-bond donors (Lipinski definition) is 0. The van der Waals surface area contributed by atoms with E-state index in [0.29, 0.717) is 23.7 Å². The van der Waals surface area contributed by atoms with Crippen LogP contribution >= 0.6 is 0 Å². The molecule has 0 aliphatic heterocycles. The van der Waals surface area contributed by atoms with E-state index in [4.69, 9.17) is 9.97 Å². The van der Waals surface area contributed by atoms with Gasteiger partial charge < -0.3 is 8.97 Å². The molecular weight excluding hydrogens is 637 g/mol. The number of pyridine rings is 3. The second-order valence-electron chi connectivity index (χ2n) is 18.1. The SMILES string of the molecule is O=c1c2ccccc2n(-c2ccccc2)c2cc3c4c5c(ncc4n4c6cnc7c(c6c(c12)c34)C1CC2CC(CC7C2)C1)C1CC2CC(C1)CC5C2. The molecule has 8 aromatic rings. The standard InChI is InChI=1S/C47H40N4O/c52-47-32-8-4-5-9-34(32)50(31-6-2-1-3-7-31)35-20-33-40-36(21-48-44-29-16-23-10-24(17-29)13-27(12-23)38(40)44)51-37-22-49-45-30-18-25-11-26(19-30)15-28(14-25)39(45)41(37)43(42(35)47)46(33)51/h1-9,20-30H,10-19H2. The van der Waals surface area contributed by atoms with Crippen LogP contribution in [-0.4, -0.2) is 18.9 Å². The largest absolute Gasteiger partial charge is 0.309 e. The third kappa shape index (κ3) is 3.28. The fourth-order valence-electron chi connectivity index (χ4n) is 14.1. The van der Waals surface area contributed by atoms with Gasteiger partial charge in [-0.3, -0.25) is 14.8 Å². The number of aromatic nitrogens is 4. The van der Waals surface area contributed by atoms with Crippen molar-refractivity contribution in [1.82, 2.24) is 18.9 Å². The van der Waals surface area contributed by atoms with Crippen molar-refractivity contribution < 1.29 is 0 Å². The van der Waals surface area contributed by atoms with Crippen LogP contribution in [0.3, 0.4) is 0 Å². The van der Waals surface area contributed by atoms with Gasteiger partial charge in [0.2, 0.25) is 0 Å². The van der Waals surface area contributed by atoms with Gasteiger partial charge in [-0.05, 0) is 141 Å². The molecule has 0 radical (unpaired) electrons. The zero-order chi connectivity index (χ0) is 33.6. The van der Waals surface area contributed by atoms with Crippen LogP contribution in [0, 0.1) is 23.7 Å². The molecule has 8 bridgehead atoms. The van der Waals surface area contributed by atoms with E-state index in [2.05, 4.69) is 69.9 Å². The highest BCUT2D eigenvalue weighted by Crippen LogP contribution is 2.60. The van der Waals surface area contributed by atoms with Crippen molar-refractivity contribution in [1.29, 1.82) is 0 Å². The number of para-hydroxylation sites is 2. The molecule has 16 rings (SSSR count). The Hall–Kier alpha value is -4.77. The van der Waals surface area contributed by atoms with Gasteiger partial charge in [0.15, 0.2) is 5.43 Å². The van der Waals surface area contributed by atoms with E-state index in [9.17, 15) is 0 Å². The molecule has 8 aliphatic rings. The van der Waals surface area contributed by atoms with Gasteiger partial charge in [-0.1, -0.05) is 30.3 Å². The average molecular weight is 677 g/mol. The molecule has 0 saturated heterocycles. The maximum Gasteiger partial charge on any atom is 0.197 e. The third-order valence-electron chi connectivity index (χ3n) is 15.5. The van der Waals surface area contributed by atoms with E-state index in [1.54, 1.807) is 0 Å². The molecule has 8 aliphatic carbocycles. The molecule has 4 saturated carbocycles. The smallest absolute Gasteiger partial charge is 0.197 e.